The van der Waals surface area contributed by atoms with Gasteiger partial charge in [-0.25, -0.2) is 0 Å². The summed E-state index contributed by atoms with van der Waals surface area (Å²) in [5.41, 5.74) is 1.99. The average Bonchev–Trinajstić information content (AvgIpc) is 3.14. The molecule has 0 aliphatic heterocycles. The number of hydrogen-bond acceptors (Lipinski definition) is 6. The molecule has 3 rings (SSSR count). The van der Waals surface area contributed by atoms with E-state index in [1.807, 2.05) is 36.4 Å². The molecule has 1 N–H and O–H groups in total. The number of thioether (sulfide) groups is 1. The first-order chi connectivity index (χ1) is 14.3. The number of carbonyl (C=O) groups excluding carboxylic acids is 1. The number of benzene rings is 2. The third kappa shape index (κ3) is 6.10. The van der Waals surface area contributed by atoms with Gasteiger partial charge in [0.2, 0.25) is 5.89 Å². The fourth-order valence-electron chi connectivity index (χ4n) is 2.80. The fourth-order valence-corrected chi connectivity index (χ4v) is 3.70. The topological polar surface area (TPSA) is 77.2 Å². The molecular formula is C23H27N3O3S. The molecule has 0 saturated heterocycles. The van der Waals surface area contributed by atoms with E-state index in [1.165, 1.54) is 17.3 Å². The molecule has 7 heteroatoms. The van der Waals surface area contributed by atoms with E-state index in [0.717, 1.165) is 10.6 Å². The van der Waals surface area contributed by atoms with Crippen LogP contribution in [0.1, 0.15) is 48.4 Å². The van der Waals surface area contributed by atoms with E-state index >= 15 is 0 Å². The van der Waals surface area contributed by atoms with Gasteiger partial charge in [0.25, 0.3) is 5.91 Å². The summed E-state index contributed by atoms with van der Waals surface area (Å²) >= 11 is 1.50. The van der Waals surface area contributed by atoms with Gasteiger partial charge < -0.3 is 14.6 Å². The largest absolute Gasteiger partial charge is 0.492 e. The lowest BCUT2D eigenvalue weighted by atomic mass is 9.87. The minimum atomic E-state index is -0.130. The van der Waals surface area contributed by atoms with Crippen LogP contribution >= 0.6 is 11.8 Å². The number of nitrogens with zero attached hydrogens (tertiary/aromatic N) is 2. The number of carbonyl (C=O) groups is 1. The molecule has 1 heterocycles. The Bertz CT molecular complexity index is 978. The number of nitrogens with one attached hydrogen (secondary N) is 1. The fraction of sp³-hybridized carbons (Fsp3) is 0.348. The van der Waals surface area contributed by atoms with E-state index in [9.17, 15) is 4.79 Å². The number of aryl methyl sites for hydroxylation is 1. The number of ether oxygens (including phenoxy) is 1. The van der Waals surface area contributed by atoms with Crippen LogP contribution in [0.25, 0.3) is 0 Å². The minimum Gasteiger partial charge on any atom is -0.492 e. The summed E-state index contributed by atoms with van der Waals surface area (Å²) in [5, 5.41) is 6.81. The molecule has 0 fully saturated rings. The van der Waals surface area contributed by atoms with Crippen LogP contribution in [0.4, 0.5) is 0 Å². The second-order valence-electron chi connectivity index (χ2n) is 7.89. The molecule has 1 aromatic heterocycles. The summed E-state index contributed by atoms with van der Waals surface area (Å²) in [5.74, 6) is 2.34. The Morgan fingerprint density at radius 1 is 1.13 bits per heavy atom. The Kier molecular flexibility index (Phi) is 7.15. The summed E-state index contributed by atoms with van der Waals surface area (Å²) in [6.07, 6.45) is 0. The highest BCUT2D eigenvalue weighted by Crippen LogP contribution is 2.26. The number of hydrogen-bond donors (Lipinski definition) is 1. The monoisotopic (exact) mass is 425 g/mol. The predicted molar refractivity (Wildman–Crippen MR) is 118 cm³/mol. The van der Waals surface area contributed by atoms with Crippen molar-refractivity contribution in [1.82, 2.24) is 15.5 Å². The molecule has 3 aromatic rings. The van der Waals surface area contributed by atoms with Crippen molar-refractivity contribution in [2.45, 2.75) is 43.8 Å². The Labute approximate surface area is 181 Å². The van der Waals surface area contributed by atoms with Crippen molar-refractivity contribution < 1.29 is 14.1 Å². The van der Waals surface area contributed by atoms with Crippen LogP contribution in [-0.4, -0.2) is 29.2 Å². The van der Waals surface area contributed by atoms with Crippen molar-refractivity contribution in [2.24, 2.45) is 0 Å². The van der Waals surface area contributed by atoms with E-state index in [4.69, 9.17) is 9.26 Å². The van der Waals surface area contributed by atoms with Gasteiger partial charge >= 0.3 is 0 Å². The van der Waals surface area contributed by atoms with E-state index in [0.29, 0.717) is 36.2 Å². The van der Waals surface area contributed by atoms with Gasteiger partial charge in [-0.05, 0) is 35.2 Å². The smallest absolute Gasteiger partial charge is 0.252 e. The van der Waals surface area contributed by atoms with Crippen LogP contribution < -0.4 is 10.1 Å². The summed E-state index contributed by atoms with van der Waals surface area (Å²) in [4.78, 5) is 17.7. The first-order valence-corrected chi connectivity index (χ1v) is 10.8. The zero-order valence-corrected chi connectivity index (χ0v) is 18.6. The molecule has 0 aliphatic carbocycles. The van der Waals surface area contributed by atoms with E-state index in [-0.39, 0.29) is 11.3 Å². The van der Waals surface area contributed by atoms with Crippen molar-refractivity contribution in [2.75, 3.05) is 13.2 Å². The maximum Gasteiger partial charge on any atom is 0.252 e. The predicted octanol–water partition coefficient (Wildman–Crippen LogP) is 4.78. The molecule has 158 valence electrons. The molecule has 2 aromatic carbocycles. The first-order valence-electron chi connectivity index (χ1n) is 9.85. The third-order valence-corrected chi connectivity index (χ3v) is 5.50. The number of amides is 1. The number of rotatable bonds is 8. The molecule has 0 unspecified atom stereocenters. The molecule has 0 radical (unpaired) electrons. The van der Waals surface area contributed by atoms with Crippen LogP contribution in [0.5, 0.6) is 5.75 Å². The molecule has 0 saturated carbocycles. The van der Waals surface area contributed by atoms with Gasteiger partial charge in [0.15, 0.2) is 5.82 Å². The lowest BCUT2D eigenvalue weighted by Gasteiger charge is -2.19. The second kappa shape index (κ2) is 9.80. The highest BCUT2D eigenvalue weighted by Gasteiger charge is 2.14. The molecule has 0 spiro atoms. The SMILES string of the molecule is Cc1nc(CSc2ccccc2C(=O)NCCOc2ccc(C(C)(C)C)cc2)no1. The standard InChI is InChI=1S/C23H27N3O3S/c1-16-25-21(26-29-16)15-30-20-8-6-5-7-19(20)22(27)24-13-14-28-18-11-9-17(10-12-18)23(2,3)4/h5-12H,13-15H2,1-4H3,(H,24,27). The first kappa shape index (κ1) is 21.9. The van der Waals surface area contributed by atoms with Crippen LogP contribution in [0.3, 0.4) is 0 Å². The van der Waals surface area contributed by atoms with Crippen molar-refractivity contribution in [3.8, 4) is 5.75 Å². The lowest BCUT2D eigenvalue weighted by molar-refractivity contribution is 0.0944. The normalized spacial score (nSPS) is 11.3. The van der Waals surface area contributed by atoms with Gasteiger partial charge in [0.1, 0.15) is 12.4 Å². The molecule has 0 aliphatic rings. The average molecular weight is 426 g/mol. The Hall–Kier alpha value is -2.80. The van der Waals surface area contributed by atoms with Crippen molar-refractivity contribution in [1.29, 1.82) is 0 Å². The highest BCUT2D eigenvalue weighted by molar-refractivity contribution is 7.98. The zero-order valence-electron chi connectivity index (χ0n) is 17.8. The highest BCUT2D eigenvalue weighted by atomic mass is 32.2. The quantitative estimate of drug-likeness (QED) is 0.414. The van der Waals surface area contributed by atoms with Crippen LogP contribution in [0, 0.1) is 6.92 Å². The van der Waals surface area contributed by atoms with Gasteiger partial charge in [-0.2, -0.15) is 4.98 Å². The van der Waals surface area contributed by atoms with Gasteiger partial charge in [-0.3, -0.25) is 4.79 Å². The second-order valence-corrected chi connectivity index (χ2v) is 8.91. The van der Waals surface area contributed by atoms with Crippen LogP contribution in [0.15, 0.2) is 57.9 Å². The van der Waals surface area contributed by atoms with Gasteiger partial charge in [-0.1, -0.05) is 50.2 Å². The molecular weight excluding hydrogens is 398 g/mol. The molecule has 6 nitrogen and oxygen atoms in total. The van der Waals surface area contributed by atoms with Crippen molar-refractivity contribution >= 4 is 17.7 Å². The number of aromatic nitrogens is 2. The third-order valence-electron chi connectivity index (χ3n) is 4.43. The Morgan fingerprint density at radius 2 is 1.87 bits per heavy atom. The molecule has 30 heavy (non-hydrogen) atoms. The van der Waals surface area contributed by atoms with Gasteiger partial charge in [0, 0.05) is 11.8 Å². The summed E-state index contributed by atoms with van der Waals surface area (Å²) in [7, 11) is 0. The lowest BCUT2D eigenvalue weighted by Crippen LogP contribution is -2.28. The maximum absolute atomic E-state index is 12.6. The zero-order chi connectivity index (χ0) is 21.6. The van der Waals surface area contributed by atoms with Crippen molar-refractivity contribution in [3.05, 3.63) is 71.4 Å². The van der Waals surface area contributed by atoms with Gasteiger partial charge in [-0.15, -0.1) is 11.8 Å². The van der Waals surface area contributed by atoms with E-state index < -0.39 is 0 Å². The van der Waals surface area contributed by atoms with Crippen molar-refractivity contribution in [3.63, 3.8) is 0 Å². The van der Waals surface area contributed by atoms with Gasteiger partial charge in [0.05, 0.1) is 17.9 Å². The molecule has 0 bridgehead atoms. The van der Waals surface area contributed by atoms with Crippen LogP contribution in [-0.2, 0) is 11.2 Å². The van der Waals surface area contributed by atoms with E-state index in [1.54, 1.807) is 6.92 Å². The summed E-state index contributed by atoms with van der Waals surface area (Å²) < 4.78 is 10.7. The molecule has 1 amide bonds. The summed E-state index contributed by atoms with van der Waals surface area (Å²) in [6, 6.07) is 15.6. The molecule has 0 atom stereocenters. The minimum absolute atomic E-state index is 0.112. The van der Waals surface area contributed by atoms with E-state index in [2.05, 4.69) is 48.4 Å². The Balaban J connectivity index is 1.49. The Morgan fingerprint density at radius 3 is 2.53 bits per heavy atom. The summed E-state index contributed by atoms with van der Waals surface area (Å²) in [6.45, 7) is 9.11. The maximum atomic E-state index is 12.6. The van der Waals surface area contributed by atoms with Crippen LogP contribution in [0.2, 0.25) is 0 Å².